The molecule has 6 nitrogen and oxygen atoms in total. The van der Waals surface area contributed by atoms with Gasteiger partial charge in [-0.1, -0.05) is 25.7 Å². The first kappa shape index (κ1) is 16.6. The summed E-state index contributed by atoms with van der Waals surface area (Å²) in [5.41, 5.74) is 7.04. The van der Waals surface area contributed by atoms with Gasteiger partial charge in [-0.2, -0.15) is 5.26 Å². The minimum Gasteiger partial charge on any atom is -0.383 e. The third kappa shape index (κ3) is 3.61. The van der Waals surface area contributed by atoms with Gasteiger partial charge in [-0.05, 0) is 18.4 Å². The Hall–Kier alpha value is -2.29. The highest BCUT2D eigenvalue weighted by atomic mass is 16.2. The number of carbonyl (C=O) groups is 1. The molecule has 2 N–H and O–H groups in total. The zero-order chi connectivity index (χ0) is 16.9. The second kappa shape index (κ2) is 7.52. The molecule has 128 valence electrons. The van der Waals surface area contributed by atoms with Crippen molar-refractivity contribution in [3.8, 4) is 6.07 Å². The lowest BCUT2D eigenvalue weighted by Crippen LogP contribution is -2.49. The van der Waals surface area contributed by atoms with E-state index in [0.29, 0.717) is 25.1 Å². The lowest BCUT2D eigenvalue weighted by Gasteiger charge is -2.36. The summed E-state index contributed by atoms with van der Waals surface area (Å²) in [6, 6.07) is 3.96. The number of nitrogens with zero attached hydrogens (tertiary/aromatic N) is 4. The van der Waals surface area contributed by atoms with Crippen molar-refractivity contribution in [3.63, 3.8) is 0 Å². The van der Waals surface area contributed by atoms with E-state index in [2.05, 4.69) is 16.0 Å². The third-order valence-corrected chi connectivity index (χ3v) is 5.28. The van der Waals surface area contributed by atoms with Crippen molar-refractivity contribution in [1.29, 1.82) is 5.26 Å². The molecule has 1 aromatic heterocycles. The minimum atomic E-state index is 0.269. The number of piperazine rings is 1. The van der Waals surface area contributed by atoms with Gasteiger partial charge in [0.05, 0.1) is 5.69 Å². The Bertz CT molecular complexity index is 625. The number of nitrogens with two attached hydrogens (primary N) is 1. The number of aromatic nitrogens is 1. The van der Waals surface area contributed by atoms with Gasteiger partial charge >= 0.3 is 0 Å². The van der Waals surface area contributed by atoms with Gasteiger partial charge in [-0.15, -0.1) is 0 Å². The maximum absolute atomic E-state index is 12.4. The predicted octanol–water partition coefficient (Wildman–Crippen LogP) is 2.15. The molecule has 1 saturated heterocycles. The number of pyridine rings is 1. The molecule has 1 saturated carbocycles. The number of anilines is 2. The first-order valence-corrected chi connectivity index (χ1v) is 8.86. The van der Waals surface area contributed by atoms with Crippen LogP contribution in [0.1, 0.15) is 44.1 Å². The molecule has 6 heteroatoms. The molecule has 1 aliphatic heterocycles. The molecule has 1 aromatic rings. The number of nitrogen functional groups attached to an aromatic ring is 1. The lowest BCUT2D eigenvalue weighted by molar-refractivity contribution is -0.131. The summed E-state index contributed by atoms with van der Waals surface area (Å²) in [7, 11) is 0. The number of rotatable bonds is 4. The van der Waals surface area contributed by atoms with Crippen LogP contribution in [-0.2, 0) is 4.79 Å². The van der Waals surface area contributed by atoms with E-state index in [9.17, 15) is 10.1 Å². The summed E-state index contributed by atoms with van der Waals surface area (Å²) >= 11 is 0. The van der Waals surface area contributed by atoms with Gasteiger partial charge in [-0.3, -0.25) is 4.79 Å². The zero-order valence-corrected chi connectivity index (χ0v) is 14.1. The smallest absolute Gasteiger partial charge is 0.222 e. The van der Waals surface area contributed by atoms with Crippen LogP contribution in [0, 0.1) is 17.2 Å². The van der Waals surface area contributed by atoms with Gasteiger partial charge in [0.15, 0.2) is 0 Å². The van der Waals surface area contributed by atoms with Crippen LogP contribution in [0.4, 0.5) is 11.5 Å². The highest BCUT2D eigenvalue weighted by Gasteiger charge is 2.24. The molecule has 0 radical (unpaired) electrons. The van der Waals surface area contributed by atoms with Gasteiger partial charge in [0.1, 0.15) is 17.5 Å². The fourth-order valence-electron chi connectivity index (χ4n) is 3.83. The lowest BCUT2D eigenvalue weighted by atomic mass is 10.0. The van der Waals surface area contributed by atoms with Crippen LogP contribution in [-0.4, -0.2) is 42.0 Å². The van der Waals surface area contributed by atoms with Crippen molar-refractivity contribution in [2.24, 2.45) is 5.92 Å². The molecule has 0 bridgehead atoms. The summed E-state index contributed by atoms with van der Waals surface area (Å²) in [5.74, 6) is 1.30. The zero-order valence-electron chi connectivity index (χ0n) is 14.1. The Morgan fingerprint density at radius 1 is 1.29 bits per heavy atom. The molecule has 0 spiro atoms. The fourth-order valence-corrected chi connectivity index (χ4v) is 3.83. The molecular formula is C18H25N5O. The highest BCUT2D eigenvalue weighted by Crippen LogP contribution is 2.29. The van der Waals surface area contributed by atoms with Crippen molar-refractivity contribution in [2.45, 2.75) is 38.5 Å². The van der Waals surface area contributed by atoms with E-state index in [4.69, 9.17) is 5.73 Å². The summed E-state index contributed by atoms with van der Waals surface area (Å²) < 4.78 is 0. The van der Waals surface area contributed by atoms with Crippen molar-refractivity contribution < 1.29 is 4.79 Å². The SMILES string of the molecule is N#Cc1c(N2CCN(C(=O)CCC3CCCC3)CC2)ccnc1N. The quantitative estimate of drug-likeness (QED) is 0.916. The first-order chi connectivity index (χ1) is 11.7. The Morgan fingerprint density at radius 2 is 2.00 bits per heavy atom. The monoisotopic (exact) mass is 327 g/mol. The Morgan fingerprint density at radius 3 is 2.67 bits per heavy atom. The predicted molar refractivity (Wildman–Crippen MR) is 93.3 cm³/mol. The molecule has 0 unspecified atom stereocenters. The second-order valence-corrected chi connectivity index (χ2v) is 6.76. The highest BCUT2D eigenvalue weighted by molar-refractivity contribution is 5.76. The maximum Gasteiger partial charge on any atom is 0.222 e. The molecule has 2 fully saturated rings. The topological polar surface area (TPSA) is 86.2 Å². The van der Waals surface area contributed by atoms with Crippen LogP contribution in [0.3, 0.4) is 0 Å². The molecule has 24 heavy (non-hydrogen) atoms. The Labute approximate surface area is 143 Å². The molecule has 2 heterocycles. The van der Waals surface area contributed by atoms with E-state index in [1.54, 1.807) is 6.20 Å². The molecule has 0 atom stereocenters. The van der Waals surface area contributed by atoms with Gasteiger partial charge in [-0.25, -0.2) is 4.98 Å². The summed E-state index contributed by atoms with van der Waals surface area (Å²) in [6.45, 7) is 2.87. The largest absolute Gasteiger partial charge is 0.383 e. The Balaban J connectivity index is 1.53. The molecule has 1 amide bonds. The molecule has 1 aliphatic carbocycles. The average molecular weight is 327 g/mol. The van der Waals surface area contributed by atoms with Crippen LogP contribution in [0.25, 0.3) is 0 Å². The maximum atomic E-state index is 12.4. The fraction of sp³-hybridized carbons (Fsp3) is 0.611. The van der Waals surface area contributed by atoms with Gasteiger partial charge in [0, 0.05) is 38.8 Å². The third-order valence-electron chi connectivity index (χ3n) is 5.28. The summed E-state index contributed by atoms with van der Waals surface area (Å²) in [5, 5.41) is 9.28. The van der Waals surface area contributed by atoms with Crippen LogP contribution >= 0.6 is 0 Å². The normalized spacial score (nSPS) is 18.6. The number of hydrogen-bond donors (Lipinski definition) is 1. The van der Waals surface area contributed by atoms with E-state index in [1.165, 1.54) is 25.7 Å². The van der Waals surface area contributed by atoms with Crippen LogP contribution in [0.2, 0.25) is 0 Å². The van der Waals surface area contributed by atoms with E-state index >= 15 is 0 Å². The van der Waals surface area contributed by atoms with E-state index in [0.717, 1.165) is 31.1 Å². The van der Waals surface area contributed by atoms with Crippen LogP contribution in [0.5, 0.6) is 0 Å². The second-order valence-electron chi connectivity index (χ2n) is 6.76. The number of nitriles is 1. The van der Waals surface area contributed by atoms with Crippen molar-refractivity contribution in [1.82, 2.24) is 9.88 Å². The average Bonchev–Trinajstić information content (AvgIpc) is 3.13. The van der Waals surface area contributed by atoms with Crippen molar-refractivity contribution in [3.05, 3.63) is 17.8 Å². The van der Waals surface area contributed by atoms with E-state index in [-0.39, 0.29) is 11.7 Å². The van der Waals surface area contributed by atoms with Gasteiger partial charge < -0.3 is 15.5 Å². The summed E-state index contributed by atoms with van der Waals surface area (Å²) in [4.78, 5) is 20.5. The molecule has 2 aliphatic rings. The van der Waals surface area contributed by atoms with Crippen LogP contribution in [0.15, 0.2) is 12.3 Å². The first-order valence-electron chi connectivity index (χ1n) is 8.86. The standard InChI is InChI=1S/C18H25N5O/c19-13-15-16(7-8-21-18(15)20)22-9-11-23(12-10-22)17(24)6-5-14-3-1-2-4-14/h7-8,14H,1-6,9-12H2,(H2,20,21). The van der Waals surface area contributed by atoms with Crippen molar-refractivity contribution in [2.75, 3.05) is 36.8 Å². The molecule has 0 aromatic carbocycles. The number of amides is 1. The van der Waals surface area contributed by atoms with Crippen molar-refractivity contribution >= 4 is 17.4 Å². The summed E-state index contributed by atoms with van der Waals surface area (Å²) in [6.07, 6.45) is 8.59. The Kier molecular flexibility index (Phi) is 5.19. The molecular weight excluding hydrogens is 302 g/mol. The minimum absolute atomic E-state index is 0.269. The van der Waals surface area contributed by atoms with Gasteiger partial charge in [0.2, 0.25) is 5.91 Å². The number of hydrogen-bond acceptors (Lipinski definition) is 5. The van der Waals surface area contributed by atoms with Gasteiger partial charge in [0.25, 0.3) is 0 Å². The molecule has 3 rings (SSSR count). The van der Waals surface area contributed by atoms with E-state index < -0.39 is 0 Å². The van der Waals surface area contributed by atoms with Crippen LogP contribution < -0.4 is 10.6 Å². The van der Waals surface area contributed by atoms with E-state index in [1.807, 2.05) is 11.0 Å². The number of carbonyl (C=O) groups excluding carboxylic acids is 1.